The maximum atomic E-state index is 13.1. The summed E-state index contributed by atoms with van der Waals surface area (Å²) < 4.78 is 39.4. The van der Waals surface area contributed by atoms with E-state index in [-0.39, 0.29) is 6.42 Å². The fourth-order valence-corrected chi connectivity index (χ4v) is 2.87. The van der Waals surface area contributed by atoms with Gasteiger partial charge in [-0.05, 0) is 33.9 Å². The number of hydrogen-bond donors (Lipinski definition) is 0. The van der Waals surface area contributed by atoms with Crippen LogP contribution in [-0.4, -0.2) is 6.18 Å². The molecule has 0 N–H and O–H groups in total. The molecule has 2 aromatic rings. The van der Waals surface area contributed by atoms with E-state index in [0.717, 1.165) is 21.9 Å². The van der Waals surface area contributed by atoms with Crippen LogP contribution >= 0.6 is 0 Å². The molecule has 2 aromatic carbocycles. The third-order valence-electron chi connectivity index (χ3n) is 3.76. The van der Waals surface area contributed by atoms with Gasteiger partial charge in [0.05, 0.1) is 5.92 Å². The van der Waals surface area contributed by atoms with Crippen molar-refractivity contribution in [2.75, 3.05) is 0 Å². The maximum Gasteiger partial charge on any atom is 0.395 e. The van der Waals surface area contributed by atoms with E-state index < -0.39 is 12.1 Å². The standard InChI is InChI=1S/C16H13F3/c1-2-14(16(17,18)19)12-9-8-11-7-6-10-4-3-5-13(12)15(10)11/h3-9,14H,2H2,1H3. The molecule has 0 radical (unpaired) electrons. The first-order valence-corrected chi connectivity index (χ1v) is 6.33. The third kappa shape index (κ3) is 1.84. The first-order chi connectivity index (χ1) is 9.02. The molecular formula is C16H13F3. The van der Waals surface area contributed by atoms with Crippen LogP contribution in [0.2, 0.25) is 0 Å². The summed E-state index contributed by atoms with van der Waals surface area (Å²) in [6, 6.07) is 8.97. The van der Waals surface area contributed by atoms with Gasteiger partial charge in [-0.2, -0.15) is 13.2 Å². The molecule has 3 rings (SSSR count). The van der Waals surface area contributed by atoms with Crippen molar-refractivity contribution < 1.29 is 13.2 Å². The lowest BCUT2D eigenvalue weighted by molar-refractivity contribution is -0.150. The van der Waals surface area contributed by atoms with Crippen molar-refractivity contribution in [2.24, 2.45) is 0 Å². The van der Waals surface area contributed by atoms with Crippen LogP contribution < -0.4 is 0 Å². The van der Waals surface area contributed by atoms with Crippen molar-refractivity contribution in [1.82, 2.24) is 0 Å². The van der Waals surface area contributed by atoms with Crippen LogP contribution in [0.25, 0.3) is 22.9 Å². The van der Waals surface area contributed by atoms with Crippen molar-refractivity contribution in [3.63, 3.8) is 0 Å². The zero-order chi connectivity index (χ0) is 13.6. The molecule has 98 valence electrons. The number of rotatable bonds is 2. The molecule has 19 heavy (non-hydrogen) atoms. The summed E-state index contributed by atoms with van der Waals surface area (Å²) in [5.41, 5.74) is 2.40. The van der Waals surface area contributed by atoms with Gasteiger partial charge in [0.2, 0.25) is 0 Å². The predicted molar refractivity (Wildman–Crippen MR) is 72.0 cm³/mol. The Kier molecular flexibility index (Phi) is 2.66. The Bertz CT molecular complexity index is 653. The topological polar surface area (TPSA) is 0 Å². The molecule has 1 atom stereocenters. The molecular weight excluding hydrogens is 249 g/mol. The van der Waals surface area contributed by atoms with Crippen molar-refractivity contribution in [1.29, 1.82) is 0 Å². The van der Waals surface area contributed by atoms with Gasteiger partial charge in [0, 0.05) is 0 Å². The van der Waals surface area contributed by atoms with Gasteiger partial charge in [-0.15, -0.1) is 0 Å². The second-order valence-corrected chi connectivity index (χ2v) is 4.85. The summed E-state index contributed by atoms with van der Waals surface area (Å²) >= 11 is 0. The maximum absolute atomic E-state index is 13.1. The summed E-state index contributed by atoms with van der Waals surface area (Å²) in [6.45, 7) is 1.58. The van der Waals surface area contributed by atoms with Crippen LogP contribution in [0.5, 0.6) is 0 Å². The lowest BCUT2D eigenvalue weighted by Crippen LogP contribution is -2.20. The van der Waals surface area contributed by atoms with Crippen molar-refractivity contribution in [3.05, 3.63) is 47.0 Å². The van der Waals surface area contributed by atoms with E-state index >= 15 is 0 Å². The zero-order valence-electron chi connectivity index (χ0n) is 10.5. The molecule has 0 saturated carbocycles. The summed E-state index contributed by atoms with van der Waals surface area (Å²) in [5, 5.41) is 1.67. The Labute approximate surface area is 109 Å². The van der Waals surface area contributed by atoms with E-state index in [1.165, 1.54) is 0 Å². The largest absolute Gasteiger partial charge is 0.395 e. The fourth-order valence-electron chi connectivity index (χ4n) is 2.87. The van der Waals surface area contributed by atoms with Gasteiger partial charge in [-0.1, -0.05) is 49.4 Å². The first-order valence-electron chi connectivity index (χ1n) is 6.33. The Morgan fingerprint density at radius 3 is 2.32 bits per heavy atom. The average Bonchev–Trinajstić information content (AvgIpc) is 2.77. The monoisotopic (exact) mass is 262 g/mol. The first kappa shape index (κ1) is 12.3. The van der Waals surface area contributed by atoms with Crippen molar-refractivity contribution in [3.8, 4) is 0 Å². The molecule has 0 amide bonds. The van der Waals surface area contributed by atoms with Gasteiger partial charge in [-0.3, -0.25) is 0 Å². The smallest absolute Gasteiger partial charge is 0.170 e. The highest BCUT2D eigenvalue weighted by molar-refractivity contribution is 6.06. The summed E-state index contributed by atoms with van der Waals surface area (Å²) in [7, 11) is 0. The van der Waals surface area contributed by atoms with E-state index in [0.29, 0.717) is 5.56 Å². The second kappa shape index (κ2) is 4.12. The van der Waals surface area contributed by atoms with Crippen molar-refractivity contribution >= 4 is 22.9 Å². The molecule has 0 saturated heterocycles. The zero-order valence-corrected chi connectivity index (χ0v) is 10.5. The quantitative estimate of drug-likeness (QED) is 0.581. The van der Waals surface area contributed by atoms with Crippen LogP contribution in [0.3, 0.4) is 0 Å². The predicted octanol–water partition coefficient (Wildman–Crippen LogP) is 5.38. The number of benzene rings is 2. The van der Waals surface area contributed by atoms with E-state index in [9.17, 15) is 13.2 Å². The van der Waals surface area contributed by atoms with E-state index in [1.807, 2.05) is 24.3 Å². The summed E-state index contributed by atoms with van der Waals surface area (Å²) in [4.78, 5) is 0. The van der Waals surface area contributed by atoms with Gasteiger partial charge in [0.15, 0.2) is 0 Å². The van der Waals surface area contributed by atoms with Gasteiger partial charge in [0.1, 0.15) is 0 Å². The molecule has 3 heteroatoms. The Balaban J connectivity index is 2.28. The van der Waals surface area contributed by atoms with Gasteiger partial charge >= 0.3 is 6.18 Å². The van der Waals surface area contributed by atoms with Crippen LogP contribution in [0.15, 0.2) is 30.3 Å². The highest BCUT2D eigenvalue weighted by Crippen LogP contribution is 2.42. The molecule has 0 heterocycles. The van der Waals surface area contributed by atoms with Crippen LogP contribution in [0.4, 0.5) is 13.2 Å². The highest BCUT2D eigenvalue weighted by Gasteiger charge is 2.40. The van der Waals surface area contributed by atoms with Gasteiger partial charge < -0.3 is 0 Å². The molecule has 1 aliphatic carbocycles. The minimum Gasteiger partial charge on any atom is -0.170 e. The Morgan fingerprint density at radius 2 is 1.68 bits per heavy atom. The van der Waals surface area contributed by atoms with Gasteiger partial charge in [0.25, 0.3) is 0 Å². The average molecular weight is 262 g/mol. The summed E-state index contributed by atoms with van der Waals surface area (Å²) in [6.07, 6.45) is -0.220. The second-order valence-electron chi connectivity index (χ2n) is 4.85. The molecule has 0 aromatic heterocycles. The lowest BCUT2D eigenvalue weighted by Gasteiger charge is -2.21. The van der Waals surface area contributed by atoms with E-state index in [2.05, 4.69) is 0 Å². The van der Waals surface area contributed by atoms with Crippen LogP contribution in [0.1, 0.15) is 36.0 Å². The Hall–Kier alpha value is -1.77. The highest BCUT2D eigenvalue weighted by atomic mass is 19.4. The summed E-state index contributed by atoms with van der Waals surface area (Å²) in [5.74, 6) is -1.39. The van der Waals surface area contributed by atoms with Gasteiger partial charge in [-0.25, -0.2) is 0 Å². The van der Waals surface area contributed by atoms with E-state index in [1.54, 1.807) is 25.1 Å². The molecule has 1 aliphatic rings. The third-order valence-corrected chi connectivity index (χ3v) is 3.76. The Morgan fingerprint density at radius 1 is 1.00 bits per heavy atom. The van der Waals surface area contributed by atoms with Crippen LogP contribution in [0, 0.1) is 0 Å². The minimum absolute atomic E-state index is 0.0651. The van der Waals surface area contributed by atoms with Crippen LogP contribution in [-0.2, 0) is 0 Å². The molecule has 0 fully saturated rings. The SMILES string of the molecule is CCC(c1ccc2c3c(cccc13)C=C2)C(F)(F)F. The molecule has 1 unspecified atom stereocenters. The molecule has 0 nitrogen and oxygen atoms in total. The minimum atomic E-state index is -4.19. The fraction of sp³-hybridized carbons (Fsp3) is 0.250. The normalized spacial score (nSPS) is 15.2. The number of alkyl halides is 3. The van der Waals surface area contributed by atoms with Crippen molar-refractivity contribution in [2.45, 2.75) is 25.4 Å². The number of hydrogen-bond acceptors (Lipinski definition) is 0. The molecule has 0 bridgehead atoms. The lowest BCUT2D eigenvalue weighted by atomic mass is 9.89. The van der Waals surface area contributed by atoms with E-state index in [4.69, 9.17) is 0 Å². The molecule has 0 spiro atoms. The number of halogens is 3. The molecule has 0 aliphatic heterocycles.